The van der Waals surface area contributed by atoms with E-state index in [9.17, 15) is 0 Å². The molecule has 3 rings (SSSR count). The van der Waals surface area contributed by atoms with Crippen LogP contribution < -0.4 is 4.74 Å². The molecule has 66 valence electrons. The Morgan fingerprint density at radius 2 is 2.31 bits per heavy atom. The third kappa shape index (κ3) is 1.05. The maximum atomic E-state index is 5.80. The Hall–Kier alpha value is -0.760. The van der Waals surface area contributed by atoms with E-state index in [1.165, 1.54) is 5.56 Å². The van der Waals surface area contributed by atoms with Gasteiger partial charge < -0.3 is 4.74 Å². The molecule has 0 saturated carbocycles. The fourth-order valence-electron chi connectivity index (χ4n) is 2.11. The van der Waals surface area contributed by atoms with Crippen LogP contribution in [-0.4, -0.2) is 6.10 Å². The van der Waals surface area contributed by atoms with E-state index in [1.54, 1.807) is 0 Å². The first kappa shape index (κ1) is 7.63. The summed E-state index contributed by atoms with van der Waals surface area (Å²) in [6.45, 7) is 0. The predicted molar refractivity (Wildman–Crippen MR) is 55.1 cm³/mol. The molecule has 1 heterocycles. The molecular formula is C11H9BrO. The van der Waals surface area contributed by atoms with Crippen molar-refractivity contribution in [2.75, 3.05) is 0 Å². The lowest BCUT2D eigenvalue weighted by molar-refractivity contribution is 0.232. The summed E-state index contributed by atoms with van der Waals surface area (Å²) in [6.07, 6.45) is 5.88. The van der Waals surface area contributed by atoms with Crippen molar-refractivity contribution < 1.29 is 4.74 Å². The van der Waals surface area contributed by atoms with Gasteiger partial charge in [-0.15, -0.1) is 0 Å². The van der Waals surface area contributed by atoms with E-state index in [0.29, 0.717) is 12.0 Å². The number of ether oxygens (including phenoxy) is 1. The molecule has 0 amide bonds. The smallest absolute Gasteiger partial charge is 0.123 e. The van der Waals surface area contributed by atoms with Crippen LogP contribution >= 0.6 is 15.9 Å². The van der Waals surface area contributed by atoms with Crippen LogP contribution in [0.3, 0.4) is 0 Å². The number of rotatable bonds is 0. The van der Waals surface area contributed by atoms with Crippen LogP contribution in [0.15, 0.2) is 34.8 Å². The third-order valence-electron chi connectivity index (χ3n) is 2.72. The van der Waals surface area contributed by atoms with Crippen molar-refractivity contribution in [2.24, 2.45) is 0 Å². The van der Waals surface area contributed by atoms with E-state index < -0.39 is 0 Å². The number of halogens is 1. The summed E-state index contributed by atoms with van der Waals surface area (Å²) < 4.78 is 6.94. The van der Waals surface area contributed by atoms with E-state index in [4.69, 9.17) is 4.74 Å². The minimum atomic E-state index is 0.365. The molecule has 0 unspecified atom stereocenters. The van der Waals surface area contributed by atoms with Gasteiger partial charge in [0.2, 0.25) is 0 Å². The molecular weight excluding hydrogens is 228 g/mol. The van der Waals surface area contributed by atoms with Crippen LogP contribution in [-0.2, 0) is 0 Å². The van der Waals surface area contributed by atoms with Gasteiger partial charge in [-0.25, -0.2) is 0 Å². The molecule has 0 fully saturated rings. The maximum Gasteiger partial charge on any atom is 0.123 e. The second-order valence-electron chi connectivity index (χ2n) is 3.53. The molecule has 2 aliphatic rings. The van der Waals surface area contributed by atoms with Gasteiger partial charge in [0.1, 0.15) is 11.9 Å². The molecule has 2 atom stereocenters. The molecule has 0 N–H and O–H groups in total. The number of fused-ring (bicyclic) bond motifs is 3. The summed E-state index contributed by atoms with van der Waals surface area (Å²) in [6, 6.07) is 6.24. The highest BCUT2D eigenvalue weighted by atomic mass is 79.9. The molecule has 0 aromatic heterocycles. The van der Waals surface area contributed by atoms with Crippen molar-refractivity contribution in [1.29, 1.82) is 0 Å². The molecule has 1 aromatic rings. The molecule has 1 aromatic carbocycles. The van der Waals surface area contributed by atoms with Crippen molar-refractivity contribution in [2.45, 2.75) is 18.4 Å². The van der Waals surface area contributed by atoms with Gasteiger partial charge in [-0.05, 0) is 18.2 Å². The summed E-state index contributed by atoms with van der Waals surface area (Å²) >= 11 is 3.48. The number of benzene rings is 1. The molecule has 0 bridgehead atoms. The van der Waals surface area contributed by atoms with Gasteiger partial charge in [-0.3, -0.25) is 0 Å². The van der Waals surface area contributed by atoms with E-state index in [2.05, 4.69) is 34.1 Å². The van der Waals surface area contributed by atoms with Crippen LogP contribution in [0.4, 0.5) is 0 Å². The first-order valence-corrected chi connectivity index (χ1v) is 5.27. The average molecular weight is 237 g/mol. The Bertz CT molecular complexity index is 384. The summed E-state index contributed by atoms with van der Waals surface area (Å²) in [5.41, 5.74) is 1.33. The first-order valence-electron chi connectivity index (χ1n) is 4.47. The molecule has 0 saturated heterocycles. The highest BCUT2D eigenvalue weighted by Gasteiger charge is 2.34. The highest BCUT2D eigenvalue weighted by molar-refractivity contribution is 9.10. The average Bonchev–Trinajstić information content (AvgIpc) is 2.64. The second kappa shape index (κ2) is 2.61. The number of hydrogen-bond acceptors (Lipinski definition) is 1. The molecule has 1 aliphatic heterocycles. The molecule has 0 radical (unpaired) electrons. The monoisotopic (exact) mass is 236 g/mol. The van der Waals surface area contributed by atoms with Crippen molar-refractivity contribution in [3.05, 3.63) is 40.4 Å². The number of hydrogen-bond donors (Lipinski definition) is 0. The summed E-state index contributed by atoms with van der Waals surface area (Å²) in [5, 5.41) is 0. The van der Waals surface area contributed by atoms with Gasteiger partial charge in [0.25, 0.3) is 0 Å². The van der Waals surface area contributed by atoms with E-state index >= 15 is 0 Å². The van der Waals surface area contributed by atoms with Crippen LogP contribution in [0.1, 0.15) is 17.9 Å². The van der Waals surface area contributed by atoms with Crippen molar-refractivity contribution in [3.63, 3.8) is 0 Å². The van der Waals surface area contributed by atoms with Crippen molar-refractivity contribution in [3.8, 4) is 5.75 Å². The summed E-state index contributed by atoms with van der Waals surface area (Å²) in [4.78, 5) is 0. The van der Waals surface area contributed by atoms with Gasteiger partial charge >= 0.3 is 0 Å². The predicted octanol–water partition coefficient (Wildman–Crippen LogP) is 3.25. The van der Waals surface area contributed by atoms with E-state index in [0.717, 1.165) is 16.6 Å². The van der Waals surface area contributed by atoms with Crippen molar-refractivity contribution in [1.82, 2.24) is 0 Å². The molecule has 2 heteroatoms. The van der Waals surface area contributed by atoms with Crippen LogP contribution in [0, 0.1) is 0 Å². The second-order valence-corrected chi connectivity index (χ2v) is 4.44. The lowest BCUT2D eigenvalue weighted by Gasteiger charge is -2.06. The fraction of sp³-hybridized carbons (Fsp3) is 0.273. The van der Waals surface area contributed by atoms with Gasteiger partial charge in [0.05, 0.1) is 0 Å². The third-order valence-corrected chi connectivity index (χ3v) is 3.21. The highest BCUT2D eigenvalue weighted by Crippen LogP contribution is 2.44. The minimum absolute atomic E-state index is 0.365. The summed E-state index contributed by atoms with van der Waals surface area (Å²) in [7, 11) is 0. The fourth-order valence-corrected chi connectivity index (χ4v) is 2.48. The zero-order valence-corrected chi connectivity index (χ0v) is 8.62. The van der Waals surface area contributed by atoms with Gasteiger partial charge in [-0.2, -0.15) is 0 Å². The molecule has 13 heavy (non-hydrogen) atoms. The molecule has 1 aliphatic carbocycles. The first-order chi connectivity index (χ1) is 6.34. The Kier molecular flexibility index (Phi) is 1.53. The normalized spacial score (nSPS) is 28.4. The maximum absolute atomic E-state index is 5.80. The Morgan fingerprint density at radius 3 is 3.23 bits per heavy atom. The van der Waals surface area contributed by atoms with E-state index in [-0.39, 0.29) is 0 Å². The Balaban J connectivity index is 2.14. The van der Waals surface area contributed by atoms with Gasteiger partial charge in [-0.1, -0.05) is 28.1 Å². The summed E-state index contributed by atoms with van der Waals surface area (Å²) in [5.74, 6) is 1.55. The Morgan fingerprint density at radius 1 is 1.38 bits per heavy atom. The van der Waals surface area contributed by atoms with Crippen molar-refractivity contribution >= 4 is 15.9 Å². The quantitative estimate of drug-likeness (QED) is 0.629. The SMILES string of the molecule is Brc1ccc2c(c1)[C@H]1C=CC[C@H]1O2. The topological polar surface area (TPSA) is 9.23 Å². The van der Waals surface area contributed by atoms with Gasteiger partial charge in [0.15, 0.2) is 0 Å². The van der Waals surface area contributed by atoms with E-state index in [1.807, 2.05) is 12.1 Å². The zero-order chi connectivity index (χ0) is 8.84. The van der Waals surface area contributed by atoms with Crippen LogP contribution in [0.5, 0.6) is 5.75 Å². The lowest BCUT2D eigenvalue weighted by atomic mass is 9.99. The molecule has 1 nitrogen and oxygen atoms in total. The van der Waals surface area contributed by atoms with Crippen LogP contribution in [0.25, 0.3) is 0 Å². The minimum Gasteiger partial charge on any atom is -0.489 e. The Labute approximate surface area is 85.5 Å². The lowest BCUT2D eigenvalue weighted by Crippen LogP contribution is -2.11. The van der Waals surface area contributed by atoms with Crippen LogP contribution in [0.2, 0.25) is 0 Å². The molecule has 0 spiro atoms. The largest absolute Gasteiger partial charge is 0.489 e. The van der Waals surface area contributed by atoms with Gasteiger partial charge in [0, 0.05) is 22.4 Å². The zero-order valence-electron chi connectivity index (χ0n) is 7.03. The standard InChI is InChI=1S/C11H9BrO/c12-7-4-5-11-9(6-7)8-2-1-3-10(8)13-11/h1-2,4-6,8,10H,3H2/t8-,10-/m1/s1.